The molecular weight excluding hydrogens is 369 g/mol. The quantitative estimate of drug-likeness (QED) is 0.726. The summed E-state index contributed by atoms with van der Waals surface area (Å²) in [7, 11) is 2.00. The normalized spacial score (nSPS) is 12.4. The minimum Gasteiger partial charge on any atom is -0.313 e. The summed E-state index contributed by atoms with van der Waals surface area (Å²) >= 11 is 8.45. The molecule has 2 aromatic carbocycles. The van der Waals surface area contributed by atoms with Crippen LogP contribution in [0, 0.1) is 3.57 Å². The molecule has 0 radical (unpaired) electrons. The van der Waals surface area contributed by atoms with E-state index in [1.54, 1.807) is 0 Å². The first-order valence-electron chi connectivity index (χ1n) is 6.37. The maximum absolute atomic E-state index is 6.20. The topological polar surface area (TPSA) is 12.0 Å². The second-order valence-corrected chi connectivity index (χ2v) is 6.11. The fourth-order valence-electron chi connectivity index (χ4n) is 2.16. The summed E-state index contributed by atoms with van der Waals surface area (Å²) in [5.74, 6) is 0. The molecule has 0 saturated carbocycles. The summed E-state index contributed by atoms with van der Waals surface area (Å²) in [6.45, 7) is 0. The molecule has 0 amide bonds. The smallest absolute Gasteiger partial charge is 0.0542 e. The molecule has 0 aromatic heterocycles. The van der Waals surface area contributed by atoms with Crippen molar-refractivity contribution in [3.63, 3.8) is 0 Å². The molecule has 0 spiro atoms. The van der Waals surface area contributed by atoms with Gasteiger partial charge in [0.05, 0.1) is 5.02 Å². The van der Waals surface area contributed by atoms with Crippen LogP contribution in [0.5, 0.6) is 0 Å². The molecule has 2 aromatic rings. The molecule has 2 rings (SSSR count). The summed E-state index contributed by atoms with van der Waals surface area (Å²) < 4.78 is 1.10. The van der Waals surface area contributed by atoms with Gasteiger partial charge >= 0.3 is 0 Å². The van der Waals surface area contributed by atoms with Gasteiger partial charge < -0.3 is 5.32 Å². The number of nitrogens with one attached hydrogen (secondary N) is 1. The van der Waals surface area contributed by atoms with Crippen molar-refractivity contribution in [2.24, 2.45) is 0 Å². The average Bonchev–Trinajstić information content (AvgIpc) is 2.44. The maximum Gasteiger partial charge on any atom is 0.0542 e. The van der Waals surface area contributed by atoms with E-state index in [2.05, 4.69) is 76.4 Å². The van der Waals surface area contributed by atoms with Crippen LogP contribution in [0.4, 0.5) is 0 Å². The zero-order valence-corrected chi connectivity index (χ0v) is 13.8. The Hall–Kier alpha value is -0.580. The van der Waals surface area contributed by atoms with Gasteiger partial charge in [0.25, 0.3) is 0 Å². The highest BCUT2D eigenvalue weighted by Gasteiger charge is 2.10. The first kappa shape index (κ1) is 14.8. The summed E-state index contributed by atoms with van der Waals surface area (Å²) in [5, 5.41) is 4.21. The van der Waals surface area contributed by atoms with Crippen LogP contribution < -0.4 is 5.32 Å². The van der Waals surface area contributed by atoms with Gasteiger partial charge in [-0.3, -0.25) is 0 Å². The highest BCUT2D eigenvalue weighted by molar-refractivity contribution is 14.1. The first-order chi connectivity index (χ1) is 9.20. The number of hydrogen-bond donors (Lipinski definition) is 1. The molecule has 0 aliphatic heterocycles. The standard InChI is InChI=1S/C16H17ClIN/c1-19-16(10-7-12-5-3-2-4-6-12)13-8-9-15(18)14(17)11-13/h2-6,8-9,11,16,19H,7,10H2,1H3. The molecule has 0 bridgehead atoms. The third kappa shape index (κ3) is 4.20. The maximum atomic E-state index is 6.20. The SMILES string of the molecule is CNC(CCc1ccccc1)c1ccc(I)c(Cl)c1. The van der Waals surface area contributed by atoms with E-state index in [0.717, 1.165) is 21.4 Å². The fraction of sp³-hybridized carbons (Fsp3) is 0.250. The van der Waals surface area contributed by atoms with Crippen LogP contribution in [0.15, 0.2) is 48.5 Å². The van der Waals surface area contributed by atoms with Gasteiger partial charge in [-0.1, -0.05) is 48.0 Å². The van der Waals surface area contributed by atoms with Gasteiger partial charge in [-0.2, -0.15) is 0 Å². The van der Waals surface area contributed by atoms with E-state index in [1.807, 2.05) is 7.05 Å². The lowest BCUT2D eigenvalue weighted by molar-refractivity contribution is 0.549. The van der Waals surface area contributed by atoms with Crippen LogP contribution >= 0.6 is 34.2 Å². The fourth-order valence-corrected chi connectivity index (χ4v) is 2.69. The van der Waals surface area contributed by atoms with Crippen LogP contribution in [0.2, 0.25) is 5.02 Å². The first-order valence-corrected chi connectivity index (χ1v) is 7.82. The van der Waals surface area contributed by atoms with Crippen molar-refractivity contribution in [2.75, 3.05) is 7.05 Å². The molecule has 0 fully saturated rings. The predicted octanol–water partition coefficient (Wildman–Crippen LogP) is 4.84. The third-order valence-electron chi connectivity index (χ3n) is 3.26. The van der Waals surface area contributed by atoms with E-state index < -0.39 is 0 Å². The molecule has 3 heteroatoms. The van der Waals surface area contributed by atoms with Crippen LogP contribution in [0.1, 0.15) is 23.6 Å². The molecule has 0 saturated heterocycles. The van der Waals surface area contributed by atoms with Crippen molar-refractivity contribution >= 4 is 34.2 Å². The second kappa shape index (κ2) is 7.27. The van der Waals surface area contributed by atoms with E-state index in [-0.39, 0.29) is 0 Å². The summed E-state index contributed by atoms with van der Waals surface area (Å²) in [4.78, 5) is 0. The van der Waals surface area contributed by atoms with Crippen molar-refractivity contribution < 1.29 is 0 Å². The van der Waals surface area contributed by atoms with Gasteiger partial charge in [0.2, 0.25) is 0 Å². The van der Waals surface area contributed by atoms with E-state index in [9.17, 15) is 0 Å². The Bertz CT molecular complexity index is 528. The third-order valence-corrected chi connectivity index (χ3v) is 4.83. The monoisotopic (exact) mass is 385 g/mol. The van der Waals surface area contributed by atoms with Gasteiger partial charge in [-0.25, -0.2) is 0 Å². The van der Waals surface area contributed by atoms with Crippen molar-refractivity contribution in [2.45, 2.75) is 18.9 Å². The molecule has 1 N–H and O–H groups in total. The number of halogens is 2. The molecular formula is C16H17ClIN. The Balaban J connectivity index is 2.05. The zero-order chi connectivity index (χ0) is 13.7. The Kier molecular flexibility index (Phi) is 5.67. The second-order valence-electron chi connectivity index (χ2n) is 4.54. The van der Waals surface area contributed by atoms with Crippen LogP contribution in [-0.4, -0.2) is 7.05 Å². The summed E-state index contributed by atoms with van der Waals surface area (Å²) in [5.41, 5.74) is 2.63. The van der Waals surface area contributed by atoms with Crippen LogP contribution in [-0.2, 0) is 6.42 Å². The Morgan fingerprint density at radius 3 is 2.53 bits per heavy atom. The molecule has 19 heavy (non-hydrogen) atoms. The Labute approximate surface area is 133 Å². The van der Waals surface area contributed by atoms with Crippen molar-refractivity contribution in [3.8, 4) is 0 Å². The van der Waals surface area contributed by atoms with Gasteiger partial charge in [0.1, 0.15) is 0 Å². The van der Waals surface area contributed by atoms with E-state index in [1.165, 1.54) is 11.1 Å². The van der Waals surface area contributed by atoms with Gasteiger partial charge in [0, 0.05) is 9.61 Å². The molecule has 1 unspecified atom stereocenters. The summed E-state index contributed by atoms with van der Waals surface area (Å²) in [6.07, 6.45) is 2.13. The van der Waals surface area contributed by atoms with Crippen molar-refractivity contribution in [1.82, 2.24) is 5.32 Å². The van der Waals surface area contributed by atoms with Crippen LogP contribution in [0.3, 0.4) is 0 Å². The van der Waals surface area contributed by atoms with E-state index in [4.69, 9.17) is 11.6 Å². The molecule has 100 valence electrons. The minimum absolute atomic E-state index is 0.342. The van der Waals surface area contributed by atoms with E-state index >= 15 is 0 Å². The molecule has 0 aliphatic carbocycles. The molecule has 1 nitrogen and oxygen atoms in total. The lowest BCUT2D eigenvalue weighted by Gasteiger charge is -2.17. The van der Waals surface area contributed by atoms with Crippen molar-refractivity contribution in [1.29, 1.82) is 0 Å². The van der Waals surface area contributed by atoms with Crippen molar-refractivity contribution in [3.05, 3.63) is 68.3 Å². The number of rotatable bonds is 5. The number of aryl methyl sites for hydroxylation is 1. The van der Waals surface area contributed by atoms with Gasteiger partial charge in [-0.15, -0.1) is 0 Å². The van der Waals surface area contributed by atoms with E-state index in [0.29, 0.717) is 6.04 Å². The zero-order valence-electron chi connectivity index (χ0n) is 10.9. The Morgan fingerprint density at radius 2 is 1.89 bits per heavy atom. The number of benzene rings is 2. The lowest BCUT2D eigenvalue weighted by Crippen LogP contribution is -2.17. The molecule has 0 heterocycles. The van der Waals surface area contributed by atoms with Gasteiger partial charge in [-0.05, 0) is 65.7 Å². The minimum atomic E-state index is 0.342. The Morgan fingerprint density at radius 1 is 1.16 bits per heavy atom. The predicted molar refractivity (Wildman–Crippen MR) is 90.7 cm³/mol. The molecule has 1 atom stereocenters. The lowest BCUT2D eigenvalue weighted by atomic mass is 9.99. The largest absolute Gasteiger partial charge is 0.313 e. The average molecular weight is 386 g/mol. The number of hydrogen-bond acceptors (Lipinski definition) is 1. The van der Waals surface area contributed by atoms with Crippen LogP contribution in [0.25, 0.3) is 0 Å². The summed E-state index contributed by atoms with van der Waals surface area (Å²) in [6, 6.07) is 17.2. The molecule has 0 aliphatic rings. The highest BCUT2D eigenvalue weighted by Crippen LogP contribution is 2.25. The highest BCUT2D eigenvalue weighted by atomic mass is 127. The van der Waals surface area contributed by atoms with Gasteiger partial charge in [0.15, 0.2) is 0 Å².